The number of amidine groups is 1. The summed E-state index contributed by atoms with van der Waals surface area (Å²) in [7, 11) is 0. The van der Waals surface area contributed by atoms with E-state index in [1.54, 1.807) is 6.21 Å². The molecule has 24 heavy (non-hydrogen) atoms. The summed E-state index contributed by atoms with van der Waals surface area (Å²) in [6.45, 7) is 0.592. The Bertz CT molecular complexity index is 685. The highest BCUT2D eigenvalue weighted by Crippen LogP contribution is 2.22. The molecule has 0 radical (unpaired) electrons. The second-order valence-electron chi connectivity index (χ2n) is 4.99. The molecule has 0 saturated carbocycles. The number of unbranched alkanes of at least 4 members (excludes halogenated alkanes) is 3. The maximum atomic E-state index is 11.1. The molecule has 1 amide bonds. The van der Waals surface area contributed by atoms with Crippen LogP contribution in [0.25, 0.3) is 0 Å². The normalized spacial score (nSPS) is 15.7. The third kappa shape index (κ3) is 6.34. The van der Waals surface area contributed by atoms with Crippen LogP contribution in [0.2, 0.25) is 0 Å². The fourth-order valence-corrected chi connectivity index (χ4v) is 2.95. The Kier molecular flexibility index (Phi) is 7.79. The number of thioether (sulfide) groups is 1. The number of nitrogens with one attached hydrogen (secondary N) is 1. The van der Waals surface area contributed by atoms with Crippen molar-refractivity contribution >= 4 is 45.0 Å². The van der Waals surface area contributed by atoms with Crippen LogP contribution in [-0.4, -0.2) is 29.6 Å². The Morgan fingerprint density at radius 2 is 2.29 bits per heavy atom. The van der Waals surface area contributed by atoms with Gasteiger partial charge in [-0.05, 0) is 37.5 Å². The van der Waals surface area contributed by atoms with Gasteiger partial charge in [-0.25, -0.2) is 0 Å². The third-order valence-electron chi connectivity index (χ3n) is 3.09. The fraction of sp³-hybridized carbons (Fsp3) is 0.375. The molecule has 126 valence electrons. The minimum Gasteiger partial charge on any atom is -0.493 e. The van der Waals surface area contributed by atoms with Gasteiger partial charge in [-0.1, -0.05) is 27.7 Å². The molecule has 1 aliphatic rings. The minimum absolute atomic E-state index is 0.0585. The van der Waals surface area contributed by atoms with Crippen LogP contribution in [0.5, 0.6) is 5.75 Å². The zero-order valence-corrected chi connectivity index (χ0v) is 15.4. The monoisotopic (exact) mass is 408 g/mol. The van der Waals surface area contributed by atoms with Gasteiger partial charge in [0.05, 0.1) is 24.6 Å². The Morgan fingerprint density at radius 3 is 3.04 bits per heavy atom. The van der Waals surface area contributed by atoms with Gasteiger partial charge >= 0.3 is 0 Å². The number of nitrogens with zero attached hydrogens (tertiary/aromatic N) is 3. The maximum Gasteiger partial charge on any atom is 0.236 e. The van der Waals surface area contributed by atoms with Gasteiger partial charge in [0.25, 0.3) is 0 Å². The molecular formula is C16H17BrN4O2S. The van der Waals surface area contributed by atoms with E-state index in [4.69, 9.17) is 10.00 Å². The third-order valence-corrected chi connectivity index (χ3v) is 4.45. The van der Waals surface area contributed by atoms with Crippen molar-refractivity contribution in [2.24, 2.45) is 10.2 Å². The molecule has 6 nitrogen and oxygen atoms in total. The standard InChI is InChI=1S/C16H17BrN4O2S/c17-13-5-6-14(23-8-4-2-1-3-7-18)12(9-13)10-19-21-16-20-15(22)11-24-16/h5-6,9-10H,1-4,8,11H2,(H,20,21,22). The second kappa shape index (κ2) is 10.1. The smallest absolute Gasteiger partial charge is 0.236 e. The molecule has 2 rings (SSSR count). The Morgan fingerprint density at radius 1 is 1.42 bits per heavy atom. The number of nitriles is 1. The van der Waals surface area contributed by atoms with Crippen molar-refractivity contribution in [1.29, 1.82) is 5.26 Å². The number of halogens is 1. The number of carbonyl (C=O) groups excluding carboxylic acids is 1. The van der Waals surface area contributed by atoms with E-state index in [2.05, 4.69) is 37.5 Å². The summed E-state index contributed by atoms with van der Waals surface area (Å²) in [6.07, 6.45) is 4.96. The lowest BCUT2D eigenvalue weighted by Crippen LogP contribution is -2.19. The van der Waals surface area contributed by atoms with Crippen molar-refractivity contribution in [3.8, 4) is 11.8 Å². The molecule has 8 heteroatoms. The zero-order chi connectivity index (χ0) is 17.2. The maximum absolute atomic E-state index is 11.1. The zero-order valence-electron chi connectivity index (χ0n) is 13.0. The molecule has 0 unspecified atom stereocenters. The van der Waals surface area contributed by atoms with E-state index in [1.807, 2.05) is 18.2 Å². The van der Waals surface area contributed by atoms with Crippen molar-refractivity contribution < 1.29 is 9.53 Å². The molecule has 1 N–H and O–H groups in total. The van der Waals surface area contributed by atoms with Gasteiger partial charge < -0.3 is 10.1 Å². The predicted molar refractivity (Wildman–Crippen MR) is 99.3 cm³/mol. The molecule has 0 bridgehead atoms. The van der Waals surface area contributed by atoms with Crippen molar-refractivity contribution in [3.05, 3.63) is 28.2 Å². The molecule has 1 heterocycles. The number of ether oxygens (including phenoxy) is 1. The fourth-order valence-electron chi connectivity index (χ4n) is 1.94. The van der Waals surface area contributed by atoms with E-state index in [0.717, 1.165) is 35.0 Å². The number of hydrogen-bond donors (Lipinski definition) is 1. The summed E-state index contributed by atoms with van der Waals surface area (Å²) in [5.74, 6) is 1.05. The quantitative estimate of drug-likeness (QED) is 0.405. The number of carbonyl (C=O) groups is 1. The first-order valence-corrected chi connectivity index (χ1v) is 9.30. The number of amides is 1. The average Bonchev–Trinajstić information content (AvgIpc) is 2.98. The highest BCUT2D eigenvalue weighted by molar-refractivity contribution is 9.10. The first-order chi connectivity index (χ1) is 11.7. The first-order valence-electron chi connectivity index (χ1n) is 7.52. The molecule has 0 aliphatic carbocycles. The van der Waals surface area contributed by atoms with Crippen LogP contribution < -0.4 is 10.1 Å². The van der Waals surface area contributed by atoms with E-state index in [9.17, 15) is 4.79 Å². The molecule has 0 atom stereocenters. The van der Waals surface area contributed by atoms with Gasteiger partial charge in [0.2, 0.25) is 5.91 Å². The Labute approximate surface area is 153 Å². The molecule has 1 aromatic carbocycles. The SMILES string of the molecule is N#CCCCCCOc1ccc(Br)cc1C=NN=C1NC(=O)CS1. The average molecular weight is 409 g/mol. The molecule has 1 aromatic rings. The van der Waals surface area contributed by atoms with Gasteiger partial charge in [-0.3, -0.25) is 4.79 Å². The topological polar surface area (TPSA) is 86.8 Å². The van der Waals surface area contributed by atoms with E-state index in [1.165, 1.54) is 11.8 Å². The summed E-state index contributed by atoms with van der Waals surface area (Å²) in [5, 5.41) is 19.6. The summed E-state index contributed by atoms with van der Waals surface area (Å²) in [4.78, 5) is 11.1. The van der Waals surface area contributed by atoms with Crippen molar-refractivity contribution in [3.63, 3.8) is 0 Å². The van der Waals surface area contributed by atoms with Gasteiger partial charge in [-0.2, -0.15) is 10.4 Å². The summed E-state index contributed by atoms with van der Waals surface area (Å²) >= 11 is 4.76. The lowest BCUT2D eigenvalue weighted by molar-refractivity contribution is -0.116. The lowest BCUT2D eigenvalue weighted by Gasteiger charge is -2.09. The molecule has 1 saturated heterocycles. The van der Waals surface area contributed by atoms with Crippen LogP contribution in [0.15, 0.2) is 32.9 Å². The van der Waals surface area contributed by atoms with Gasteiger partial charge in [-0.15, -0.1) is 5.10 Å². The van der Waals surface area contributed by atoms with Crippen LogP contribution in [0, 0.1) is 11.3 Å². The van der Waals surface area contributed by atoms with Crippen molar-refractivity contribution in [1.82, 2.24) is 5.32 Å². The Balaban J connectivity index is 1.92. The first kappa shape index (κ1) is 18.5. The molecule has 1 aliphatic heterocycles. The van der Waals surface area contributed by atoms with E-state index in [0.29, 0.717) is 23.9 Å². The van der Waals surface area contributed by atoms with Crippen LogP contribution in [0.3, 0.4) is 0 Å². The van der Waals surface area contributed by atoms with Crippen LogP contribution in [-0.2, 0) is 4.79 Å². The van der Waals surface area contributed by atoms with Crippen LogP contribution in [0.4, 0.5) is 0 Å². The van der Waals surface area contributed by atoms with Crippen LogP contribution >= 0.6 is 27.7 Å². The van der Waals surface area contributed by atoms with E-state index < -0.39 is 0 Å². The summed E-state index contributed by atoms with van der Waals surface area (Å²) in [6, 6.07) is 7.81. The van der Waals surface area contributed by atoms with Gasteiger partial charge in [0.15, 0.2) is 5.17 Å². The molecule has 0 spiro atoms. The number of hydrogen-bond acceptors (Lipinski definition) is 6. The van der Waals surface area contributed by atoms with E-state index in [-0.39, 0.29) is 5.91 Å². The number of benzene rings is 1. The van der Waals surface area contributed by atoms with Crippen LogP contribution in [0.1, 0.15) is 31.2 Å². The summed E-state index contributed by atoms with van der Waals surface area (Å²) < 4.78 is 6.71. The highest BCUT2D eigenvalue weighted by atomic mass is 79.9. The van der Waals surface area contributed by atoms with Gasteiger partial charge in [0, 0.05) is 16.5 Å². The van der Waals surface area contributed by atoms with Crippen molar-refractivity contribution in [2.75, 3.05) is 12.4 Å². The second-order valence-corrected chi connectivity index (χ2v) is 6.87. The highest BCUT2D eigenvalue weighted by Gasteiger charge is 2.15. The molecular weight excluding hydrogens is 392 g/mol. The van der Waals surface area contributed by atoms with Crippen molar-refractivity contribution in [2.45, 2.75) is 25.7 Å². The minimum atomic E-state index is -0.0585. The molecule has 0 aromatic heterocycles. The van der Waals surface area contributed by atoms with Gasteiger partial charge in [0.1, 0.15) is 5.75 Å². The summed E-state index contributed by atoms with van der Waals surface area (Å²) in [5.41, 5.74) is 0.806. The van der Waals surface area contributed by atoms with E-state index >= 15 is 0 Å². The predicted octanol–water partition coefficient (Wildman–Crippen LogP) is 3.46. The molecule has 1 fully saturated rings. The Hall–Kier alpha value is -1.85. The largest absolute Gasteiger partial charge is 0.493 e. The lowest BCUT2D eigenvalue weighted by atomic mass is 10.2. The number of rotatable bonds is 8.